The number of hydrazone groups is 1. The Bertz CT molecular complexity index is 650. The molecule has 0 atom stereocenters. The Balaban J connectivity index is 1.93. The van der Waals surface area contributed by atoms with Gasteiger partial charge in [-0.15, -0.1) is 11.3 Å². The van der Waals surface area contributed by atoms with Crippen molar-refractivity contribution < 1.29 is 0 Å². The van der Waals surface area contributed by atoms with Crippen LogP contribution in [0.15, 0.2) is 35.4 Å². The minimum Gasteiger partial charge on any atom is -0.331 e. The van der Waals surface area contributed by atoms with Crippen LogP contribution in [0.2, 0.25) is 5.02 Å². The summed E-state index contributed by atoms with van der Waals surface area (Å²) in [6.45, 7) is 3.99. The second-order valence-corrected chi connectivity index (χ2v) is 6.32. The van der Waals surface area contributed by atoms with Crippen molar-refractivity contribution >= 4 is 52.2 Å². The first kappa shape index (κ1) is 15.0. The highest BCUT2D eigenvalue weighted by Crippen LogP contribution is 2.22. The van der Waals surface area contributed by atoms with Gasteiger partial charge < -0.3 is 5.32 Å². The Labute approximate surface area is 132 Å². The summed E-state index contributed by atoms with van der Waals surface area (Å²) in [5.41, 5.74) is 4.62. The van der Waals surface area contributed by atoms with E-state index in [1.807, 2.05) is 31.2 Å². The van der Waals surface area contributed by atoms with Crippen molar-refractivity contribution in [2.24, 2.45) is 5.10 Å². The summed E-state index contributed by atoms with van der Waals surface area (Å²) < 4.78 is 0. The van der Waals surface area contributed by atoms with Crippen molar-refractivity contribution in [3.05, 3.63) is 50.7 Å². The van der Waals surface area contributed by atoms with E-state index in [0.717, 1.165) is 16.1 Å². The monoisotopic (exact) mass is 323 g/mol. The number of rotatable bonds is 3. The van der Waals surface area contributed by atoms with E-state index in [1.54, 1.807) is 17.6 Å². The molecule has 3 nitrogen and oxygen atoms in total. The van der Waals surface area contributed by atoms with Gasteiger partial charge >= 0.3 is 0 Å². The van der Waals surface area contributed by atoms with E-state index < -0.39 is 0 Å². The molecule has 0 aliphatic heterocycles. The lowest BCUT2D eigenvalue weighted by atomic mass is 10.2. The van der Waals surface area contributed by atoms with Gasteiger partial charge in [-0.1, -0.05) is 17.7 Å². The molecule has 1 aromatic carbocycles. The molecule has 0 saturated carbocycles. The average Bonchev–Trinajstić information content (AvgIpc) is 2.81. The maximum atomic E-state index is 6.05. The second-order valence-electron chi connectivity index (χ2n) is 4.18. The molecule has 1 heterocycles. The first-order valence-corrected chi connectivity index (χ1v) is 7.58. The highest BCUT2D eigenvalue weighted by atomic mass is 35.5. The van der Waals surface area contributed by atoms with E-state index in [9.17, 15) is 0 Å². The lowest BCUT2D eigenvalue weighted by Gasteiger charge is -2.10. The van der Waals surface area contributed by atoms with Gasteiger partial charge in [0.2, 0.25) is 0 Å². The van der Waals surface area contributed by atoms with Crippen LogP contribution in [0.3, 0.4) is 0 Å². The zero-order chi connectivity index (χ0) is 14.5. The first-order chi connectivity index (χ1) is 9.56. The Morgan fingerprint density at radius 1 is 1.30 bits per heavy atom. The Hall–Kier alpha value is -1.43. The summed E-state index contributed by atoms with van der Waals surface area (Å²) in [7, 11) is 0. The molecular formula is C14H14ClN3S2. The molecule has 6 heteroatoms. The van der Waals surface area contributed by atoms with Gasteiger partial charge in [-0.25, -0.2) is 0 Å². The van der Waals surface area contributed by atoms with E-state index in [-0.39, 0.29) is 0 Å². The van der Waals surface area contributed by atoms with Crippen molar-refractivity contribution in [1.82, 2.24) is 5.43 Å². The molecule has 2 aromatic rings. The molecule has 2 rings (SSSR count). The van der Waals surface area contributed by atoms with Crippen molar-refractivity contribution in [3.8, 4) is 0 Å². The smallest absolute Gasteiger partial charge is 0.191 e. The van der Waals surface area contributed by atoms with Gasteiger partial charge in [0.1, 0.15) is 0 Å². The predicted octanol–water partition coefficient (Wildman–Crippen LogP) is 4.34. The number of nitrogens with one attached hydrogen (secondary N) is 2. The van der Waals surface area contributed by atoms with Crippen LogP contribution in [-0.2, 0) is 0 Å². The first-order valence-electron chi connectivity index (χ1n) is 5.98. The van der Waals surface area contributed by atoms with Crippen LogP contribution in [0, 0.1) is 13.8 Å². The molecule has 0 bridgehead atoms. The van der Waals surface area contributed by atoms with Gasteiger partial charge in [0.05, 0.1) is 6.21 Å². The van der Waals surface area contributed by atoms with Gasteiger partial charge in [0, 0.05) is 20.5 Å². The van der Waals surface area contributed by atoms with E-state index in [4.69, 9.17) is 23.8 Å². The number of hydrogen-bond acceptors (Lipinski definition) is 3. The van der Waals surface area contributed by atoms with E-state index in [1.165, 1.54) is 4.88 Å². The van der Waals surface area contributed by atoms with Crippen molar-refractivity contribution in [2.45, 2.75) is 13.8 Å². The van der Waals surface area contributed by atoms with Crippen LogP contribution in [0.4, 0.5) is 5.69 Å². The lowest BCUT2D eigenvalue weighted by Crippen LogP contribution is -2.24. The second kappa shape index (κ2) is 6.83. The molecule has 0 aliphatic carbocycles. The molecule has 20 heavy (non-hydrogen) atoms. The predicted molar refractivity (Wildman–Crippen MR) is 92.2 cm³/mol. The molecule has 0 aliphatic rings. The number of benzene rings is 1. The third-order valence-corrected chi connectivity index (χ3v) is 4.17. The van der Waals surface area contributed by atoms with Crippen LogP contribution in [0.25, 0.3) is 0 Å². The van der Waals surface area contributed by atoms with Crippen molar-refractivity contribution in [2.75, 3.05) is 5.32 Å². The number of aryl methyl sites for hydroxylation is 1. The summed E-state index contributed by atoms with van der Waals surface area (Å²) in [5, 5.41) is 8.30. The van der Waals surface area contributed by atoms with Gasteiger partial charge in [-0.2, -0.15) is 5.10 Å². The van der Waals surface area contributed by atoms with Crippen LogP contribution >= 0.6 is 35.2 Å². The van der Waals surface area contributed by atoms with E-state index in [2.05, 4.69) is 28.8 Å². The number of halogens is 1. The zero-order valence-corrected chi connectivity index (χ0v) is 13.5. The number of anilines is 1. The molecule has 0 amide bonds. The molecule has 1 aromatic heterocycles. The maximum absolute atomic E-state index is 6.05. The molecule has 0 saturated heterocycles. The summed E-state index contributed by atoms with van der Waals surface area (Å²) >= 11 is 12.9. The summed E-state index contributed by atoms with van der Waals surface area (Å²) in [6, 6.07) is 9.70. The number of thiophene rings is 1. The van der Waals surface area contributed by atoms with Gasteiger partial charge in [0.25, 0.3) is 0 Å². The molecular weight excluding hydrogens is 310 g/mol. The Morgan fingerprint density at radius 2 is 2.10 bits per heavy atom. The molecule has 0 fully saturated rings. The minimum absolute atomic E-state index is 0.430. The highest BCUT2D eigenvalue weighted by molar-refractivity contribution is 7.80. The van der Waals surface area contributed by atoms with E-state index >= 15 is 0 Å². The minimum atomic E-state index is 0.430. The highest BCUT2D eigenvalue weighted by Gasteiger charge is 2.03. The quantitative estimate of drug-likeness (QED) is 0.501. The van der Waals surface area contributed by atoms with Crippen LogP contribution < -0.4 is 10.7 Å². The topological polar surface area (TPSA) is 36.4 Å². The zero-order valence-electron chi connectivity index (χ0n) is 11.1. The SMILES string of the molecule is Cc1ccc(/C=N\NC(=S)Nc2cccc(Cl)c2C)s1. The van der Waals surface area contributed by atoms with Crippen LogP contribution in [0.1, 0.15) is 15.3 Å². The van der Waals surface area contributed by atoms with Crippen LogP contribution in [-0.4, -0.2) is 11.3 Å². The third-order valence-electron chi connectivity index (χ3n) is 2.63. The molecule has 0 spiro atoms. The fourth-order valence-electron chi connectivity index (χ4n) is 1.57. The summed E-state index contributed by atoms with van der Waals surface area (Å²) in [6.07, 6.45) is 1.75. The molecule has 0 unspecified atom stereocenters. The van der Waals surface area contributed by atoms with Crippen molar-refractivity contribution in [3.63, 3.8) is 0 Å². The number of hydrogen-bond donors (Lipinski definition) is 2. The fraction of sp³-hybridized carbons (Fsp3) is 0.143. The Kier molecular flexibility index (Phi) is 5.11. The fourth-order valence-corrected chi connectivity index (χ4v) is 2.66. The van der Waals surface area contributed by atoms with Crippen LogP contribution in [0.5, 0.6) is 0 Å². The maximum Gasteiger partial charge on any atom is 0.191 e. The van der Waals surface area contributed by atoms with Gasteiger partial charge in [-0.3, -0.25) is 5.43 Å². The van der Waals surface area contributed by atoms with Gasteiger partial charge in [0.15, 0.2) is 5.11 Å². The number of nitrogens with zero attached hydrogens (tertiary/aromatic N) is 1. The molecule has 104 valence electrons. The normalized spacial score (nSPS) is 10.8. The summed E-state index contributed by atoms with van der Waals surface area (Å²) in [5.74, 6) is 0. The average molecular weight is 324 g/mol. The van der Waals surface area contributed by atoms with E-state index in [0.29, 0.717) is 10.1 Å². The summed E-state index contributed by atoms with van der Waals surface area (Å²) in [4.78, 5) is 2.33. The largest absolute Gasteiger partial charge is 0.331 e. The van der Waals surface area contributed by atoms with Crippen molar-refractivity contribution in [1.29, 1.82) is 0 Å². The lowest BCUT2D eigenvalue weighted by molar-refractivity contribution is 1.05. The van der Waals surface area contributed by atoms with Gasteiger partial charge in [-0.05, 0) is 55.9 Å². The standard InChI is InChI=1S/C14H14ClN3S2/c1-9-6-7-11(20-9)8-16-18-14(19)17-13-5-3-4-12(15)10(13)2/h3-8H,1-2H3,(H2,17,18,19)/b16-8-. The number of thiocarbonyl (C=S) groups is 1. The molecule has 0 radical (unpaired) electrons. The molecule has 2 N–H and O–H groups in total. The Morgan fingerprint density at radius 3 is 2.80 bits per heavy atom. The third kappa shape index (κ3) is 4.03.